The topological polar surface area (TPSA) is 89.3 Å². The number of nitrogens with one attached hydrogen (secondary N) is 1. The molecule has 0 unspecified atom stereocenters. The first-order chi connectivity index (χ1) is 11.6. The number of aliphatic hydroxyl groups excluding tert-OH is 1. The van der Waals surface area contributed by atoms with Crippen molar-refractivity contribution in [2.45, 2.75) is 30.5 Å². The van der Waals surface area contributed by atoms with Gasteiger partial charge in [0.15, 0.2) is 5.69 Å². The predicted molar refractivity (Wildman–Crippen MR) is 85.7 cm³/mol. The van der Waals surface area contributed by atoms with Crippen molar-refractivity contribution in [1.29, 1.82) is 0 Å². The van der Waals surface area contributed by atoms with Crippen LogP contribution in [0, 0.1) is 0 Å². The molecule has 1 aliphatic heterocycles. The van der Waals surface area contributed by atoms with E-state index >= 15 is 0 Å². The number of ether oxygens (including phenoxy) is 1. The average molecular weight is 349 g/mol. The molecule has 2 fully saturated rings. The van der Waals surface area contributed by atoms with Gasteiger partial charge in [-0.25, -0.2) is 4.68 Å². The Morgan fingerprint density at radius 1 is 1.42 bits per heavy atom. The van der Waals surface area contributed by atoms with E-state index in [9.17, 15) is 9.90 Å². The second-order valence-electron chi connectivity index (χ2n) is 6.30. The van der Waals surface area contributed by atoms with Gasteiger partial charge >= 0.3 is 0 Å². The standard InChI is InChI=1S/C16H17ClN4O3/c17-11-3-1-2-10(6-11)16(4-5-16)18-15(23)12-7-21(20-19-12)13-8-24-9-14(13)22/h1-3,6-7,13-14,22H,4-5,8-9H2,(H,18,23)/t13-,14-/m1/s1. The zero-order chi connectivity index (χ0) is 16.7. The summed E-state index contributed by atoms with van der Waals surface area (Å²) in [6.45, 7) is 0.627. The molecule has 4 rings (SSSR count). The highest BCUT2D eigenvalue weighted by molar-refractivity contribution is 6.30. The van der Waals surface area contributed by atoms with Crippen LogP contribution >= 0.6 is 11.6 Å². The van der Waals surface area contributed by atoms with Crippen LogP contribution < -0.4 is 5.32 Å². The molecule has 0 spiro atoms. The first-order valence-electron chi connectivity index (χ1n) is 7.84. The van der Waals surface area contributed by atoms with E-state index < -0.39 is 6.10 Å². The lowest BCUT2D eigenvalue weighted by Gasteiger charge is -2.17. The maximum atomic E-state index is 12.5. The van der Waals surface area contributed by atoms with Gasteiger partial charge < -0.3 is 15.2 Å². The number of carbonyl (C=O) groups is 1. The van der Waals surface area contributed by atoms with Gasteiger partial charge in [-0.3, -0.25) is 4.79 Å². The van der Waals surface area contributed by atoms with Crippen LogP contribution in [0.3, 0.4) is 0 Å². The number of hydrogen-bond acceptors (Lipinski definition) is 5. The third kappa shape index (κ3) is 2.79. The SMILES string of the molecule is O=C(NC1(c2cccc(Cl)c2)CC1)c1cn([C@@H]2COC[C@H]2O)nn1. The quantitative estimate of drug-likeness (QED) is 0.869. The first kappa shape index (κ1) is 15.6. The molecule has 8 heteroatoms. The zero-order valence-electron chi connectivity index (χ0n) is 12.9. The van der Waals surface area contributed by atoms with Crippen LogP contribution in [0.5, 0.6) is 0 Å². The van der Waals surface area contributed by atoms with E-state index in [0.717, 1.165) is 18.4 Å². The summed E-state index contributed by atoms with van der Waals surface area (Å²) in [6.07, 6.45) is 2.64. The number of nitrogens with zero attached hydrogens (tertiary/aromatic N) is 3. The summed E-state index contributed by atoms with van der Waals surface area (Å²) >= 11 is 6.05. The van der Waals surface area contributed by atoms with Gasteiger partial charge in [-0.05, 0) is 30.5 Å². The van der Waals surface area contributed by atoms with Crippen molar-refractivity contribution in [2.75, 3.05) is 13.2 Å². The smallest absolute Gasteiger partial charge is 0.274 e. The summed E-state index contributed by atoms with van der Waals surface area (Å²) in [4.78, 5) is 12.5. The Hall–Kier alpha value is -1.96. The van der Waals surface area contributed by atoms with Crippen LogP contribution in [0.1, 0.15) is 34.9 Å². The Bertz CT molecular complexity index is 774. The second kappa shape index (κ2) is 5.84. The van der Waals surface area contributed by atoms with E-state index in [1.807, 2.05) is 24.3 Å². The fraction of sp³-hybridized carbons (Fsp3) is 0.438. The lowest BCUT2D eigenvalue weighted by molar-refractivity contribution is 0.0925. The lowest BCUT2D eigenvalue weighted by Crippen LogP contribution is -2.35. The molecule has 2 aromatic rings. The number of hydrogen-bond donors (Lipinski definition) is 2. The minimum absolute atomic E-state index is 0.224. The van der Waals surface area contributed by atoms with Crippen molar-refractivity contribution in [3.63, 3.8) is 0 Å². The van der Waals surface area contributed by atoms with E-state index in [4.69, 9.17) is 16.3 Å². The summed E-state index contributed by atoms with van der Waals surface area (Å²) in [5.74, 6) is -0.285. The van der Waals surface area contributed by atoms with Gasteiger partial charge in [0.2, 0.25) is 0 Å². The summed E-state index contributed by atoms with van der Waals surface area (Å²) < 4.78 is 6.69. The molecule has 1 saturated carbocycles. The van der Waals surface area contributed by atoms with Crippen molar-refractivity contribution in [1.82, 2.24) is 20.3 Å². The van der Waals surface area contributed by atoms with Crippen molar-refractivity contribution >= 4 is 17.5 Å². The fourth-order valence-electron chi connectivity index (χ4n) is 3.01. The van der Waals surface area contributed by atoms with Crippen LogP contribution in [-0.2, 0) is 10.3 Å². The van der Waals surface area contributed by atoms with E-state index in [1.54, 1.807) is 6.20 Å². The molecule has 1 amide bonds. The fourth-order valence-corrected chi connectivity index (χ4v) is 3.20. The number of carbonyl (C=O) groups excluding carboxylic acids is 1. The predicted octanol–water partition coefficient (Wildman–Crippen LogP) is 1.28. The largest absolute Gasteiger partial charge is 0.388 e. The van der Waals surface area contributed by atoms with Crippen molar-refractivity contribution in [3.8, 4) is 0 Å². The van der Waals surface area contributed by atoms with Crippen LogP contribution in [0.15, 0.2) is 30.5 Å². The molecule has 24 heavy (non-hydrogen) atoms. The summed E-state index contributed by atoms with van der Waals surface area (Å²) in [5.41, 5.74) is 0.847. The van der Waals surface area contributed by atoms with Crippen molar-refractivity contribution in [3.05, 3.63) is 46.7 Å². The molecular weight excluding hydrogens is 332 g/mol. The molecule has 1 aromatic carbocycles. The third-order valence-corrected chi connectivity index (χ3v) is 4.82. The number of rotatable bonds is 4. The van der Waals surface area contributed by atoms with Gasteiger partial charge in [0.25, 0.3) is 5.91 Å². The molecular formula is C16H17ClN4O3. The van der Waals surface area contributed by atoms with Crippen LogP contribution in [0.4, 0.5) is 0 Å². The molecule has 2 N–H and O–H groups in total. The van der Waals surface area contributed by atoms with Gasteiger partial charge in [-0.2, -0.15) is 0 Å². The molecule has 126 valence electrons. The maximum Gasteiger partial charge on any atom is 0.274 e. The Morgan fingerprint density at radius 3 is 2.92 bits per heavy atom. The molecule has 7 nitrogen and oxygen atoms in total. The van der Waals surface area contributed by atoms with Crippen molar-refractivity contribution < 1.29 is 14.6 Å². The Balaban J connectivity index is 1.50. The molecule has 0 radical (unpaired) electrons. The normalized spacial score (nSPS) is 24.8. The average Bonchev–Trinajstić information content (AvgIpc) is 2.98. The van der Waals surface area contributed by atoms with E-state index in [0.29, 0.717) is 11.6 Å². The van der Waals surface area contributed by atoms with E-state index in [2.05, 4.69) is 15.6 Å². The molecule has 1 aliphatic carbocycles. The summed E-state index contributed by atoms with van der Waals surface area (Å²) in [6, 6.07) is 7.22. The molecule has 0 bridgehead atoms. The van der Waals surface area contributed by atoms with Gasteiger partial charge in [0.05, 0.1) is 24.9 Å². The number of aromatic nitrogens is 3. The molecule has 2 heterocycles. The van der Waals surface area contributed by atoms with Crippen LogP contribution in [0.25, 0.3) is 0 Å². The highest BCUT2D eigenvalue weighted by atomic mass is 35.5. The Morgan fingerprint density at radius 2 is 2.25 bits per heavy atom. The number of benzene rings is 1. The van der Waals surface area contributed by atoms with Crippen molar-refractivity contribution in [2.24, 2.45) is 0 Å². The minimum atomic E-state index is -0.635. The molecule has 2 aliphatic rings. The molecule has 1 saturated heterocycles. The number of aliphatic hydroxyl groups is 1. The Labute approximate surface area is 143 Å². The van der Waals surface area contributed by atoms with Crippen LogP contribution in [0.2, 0.25) is 5.02 Å². The Kier molecular flexibility index (Phi) is 3.79. The maximum absolute atomic E-state index is 12.5. The van der Waals surface area contributed by atoms with E-state index in [1.165, 1.54) is 4.68 Å². The highest BCUT2D eigenvalue weighted by Gasteiger charge is 2.46. The number of amides is 1. The third-order valence-electron chi connectivity index (χ3n) is 4.58. The zero-order valence-corrected chi connectivity index (χ0v) is 13.6. The van der Waals surface area contributed by atoms with Crippen LogP contribution in [-0.4, -0.2) is 45.3 Å². The van der Waals surface area contributed by atoms with Gasteiger partial charge in [-0.1, -0.05) is 28.9 Å². The summed E-state index contributed by atoms with van der Waals surface area (Å²) in [7, 11) is 0. The lowest BCUT2D eigenvalue weighted by atomic mass is 10.0. The van der Waals surface area contributed by atoms with Gasteiger partial charge in [0, 0.05) is 5.02 Å². The number of halogens is 1. The van der Waals surface area contributed by atoms with Gasteiger partial charge in [-0.15, -0.1) is 5.10 Å². The molecule has 2 atom stereocenters. The molecule has 1 aromatic heterocycles. The monoisotopic (exact) mass is 348 g/mol. The minimum Gasteiger partial charge on any atom is -0.388 e. The highest BCUT2D eigenvalue weighted by Crippen LogP contribution is 2.46. The van der Waals surface area contributed by atoms with E-state index in [-0.39, 0.29) is 29.8 Å². The van der Waals surface area contributed by atoms with Gasteiger partial charge in [0.1, 0.15) is 12.1 Å². The second-order valence-corrected chi connectivity index (χ2v) is 6.74. The summed E-state index contributed by atoms with van der Waals surface area (Å²) in [5, 5.41) is 21.4. The first-order valence-corrected chi connectivity index (χ1v) is 8.21.